The summed E-state index contributed by atoms with van der Waals surface area (Å²) in [6, 6.07) is 5.81. The van der Waals surface area contributed by atoms with Crippen LogP contribution in [0.5, 0.6) is 11.5 Å². The van der Waals surface area contributed by atoms with E-state index in [1.54, 1.807) is 11.6 Å². The number of sulfonamides is 1. The van der Waals surface area contributed by atoms with E-state index in [0.717, 1.165) is 23.5 Å². The molecule has 4 rings (SSSR count). The molecule has 0 aliphatic carbocycles. The molecule has 1 atom stereocenters. The van der Waals surface area contributed by atoms with Gasteiger partial charge in [-0.3, -0.25) is 0 Å². The zero-order valence-corrected chi connectivity index (χ0v) is 13.5. The van der Waals surface area contributed by atoms with Crippen molar-refractivity contribution in [3.63, 3.8) is 0 Å². The predicted molar refractivity (Wildman–Crippen MR) is 81.9 cm³/mol. The summed E-state index contributed by atoms with van der Waals surface area (Å²) in [6.45, 7) is 1.19. The first-order chi connectivity index (χ1) is 11.0. The lowest BCUT2D eigenvalue weighted by atomic mass is 9.98. The summed E-state index contributed by atoms with van der Waals surface area (Å²) in [7, 11) is -1.77. The highest BCUT2D eigenvalue weighted by Crippen LogP contribution is 2.37. The highest BCUT2D eigenvalue weighted by atomic mass is 32.2. The van der Waals surface area contributed by atoms with Crippen LogP contribution in [0.1, 0.15) is 17.9 Å². The number of benzene rings is 1. The highest BCUT2D eigenvalue weighted by molar-refractivity contribution is 7.89. The monoisotopic (exact) mass is 335 g/mol. The van der Waals surface area contributed by atoms with Crippen LogP contribution < -0.4 is 9.47 Å². The smallest absolute Gasteiger partial charge is 0.262 e. The van der Waals surface area contributed by atoms with Gasteiger partial charge in [-0.2, -0.15) is 4.31 Å². The van der Waals surface area contributed by atoms with Crippen LogP contribution in [0.3, 0.4) is 0 Å². The Kier molecular flexibility index (Phi) is 3.31. The molecule has 0 bridgehead atoms. The van der Waals surface area contributed by atoms with Crippen LogP contribution in [-0.2, 0) is 17.1 Å². The van der Waals surface area contributed by atoms with E-state index in [1.165, 1.54) is 16.8 Å². The number of aryl methyl sites for hydroxylation is 1. The molecule has 2 aromatic rings. The zero-order chi connectivity index (χ0) is 16.0. The summed E-state index contributed by atoms with van der Waals surface area (Å²) in [5, 5.41) is 0.103. The first-order valence-corrected chi connectivity index (χ1v) is 8.86. The van der Waals surface area contributed by atoms with Gasteiger partial charge in [-0.15, -0.1) is 0 Å². The maximum absolute atomic E-state index is 12.6. The number of fused-ring (bicyclic) bond motifs is 1. The molecule has 3 heterocycles. The van der Waals surface area contributed by atoms with Gasteiger partial charge in [0.15, 0.2) is 16.5 Å². The summed E-state index contributed by atoms with van der Waals surface area (Å²) in [6.07, 6.45) is 3.81. The number of hydrogen-bond acceptors (Lipinski definition) is 5. The van der Waals surface area contributed by atoms with Gasteiger partial charge in [0, 0.05) is 26.3 Å². The Bertz CT molecular complexity index is 846. The minimum atomic E-state index is -3.52. The fourth-order valence-electron chi connectivity index (χ4n) is 3.04. The van der Waals surface area contributed by atoms with E-state index in [2.05, 4.69) is 4.98 Å². The molecule has 2 aliphatic rings. The lowest BCUT2D eigenvalue weighted by Gasteiger charge is -2.15. The van der Waals surface area contributed by atoms with Crippen molar-refractivity contribution in [2.45, 2.75) is 17.4 Å². The molecule has 1 saturated heterocycles. The van der Waals surface area contributed by atoms with Crippen LogP contribution in [0.25, 0.3) is 0 Å². The van der Waals surface area contributed by atoms with Gasteiger partial charge in [0.05, 0.1) is 6.33 Å². The Balaban J connectivity index is 1.55. The average Bonchev–Trinajstić information content (AvgIpc) is 3.26. The SMILES string of the molecule is Cn1cnc(S(=O)(=O)N2CCC(c3ccc4c(c3)OCO4)C2)c1. The molecule has 0 saturated carbocycles. The molecule has 122 valence electrons. The maximum Gasteiger partial charge on any atom is 0.262 e. The second kappa shape index (κ2) is 5.24. The summed E-state index contributed by atoms with van der Waals surface area (Å²) >= 11 is 0. The molecular weight excluding hydrogens is 318 g/mol. The molecule has 0 amide bonds. The van der Waals surface area contributed by atoms with Gasteiger partial charge < -0.3 is 14.0 Å². The Morgan fingerprint density at radius 3 is 2.87 bits per heavy atom. The second-order valence-corrected chi connectivity index (χ2v) is 7.72. The molecule has 7 nitrogen and oxygen atoms in total. The fourth-order valence-corrected chi connectivity index (χ4v) is 4.51. The molecule has 23 heavy (non-hydrogen) atoms. The number of aromatic nitrogens is 2. The van der Waals surface area contributed by atoms with Crippen LogP contribution in [0, 0.1) is 0 Å². The minimum absolute atomic E-state index is 0.103. The Morgan fingerprint density at radius 2 is 2.09 bits per heavy atom. The normalized spacial score (nSPS) is 21.0. The molecule has 1 fully saturated rings. The third-order valence-electron chi connectivity index (χ3n) is 4.30. The Labute approximate surface area is 134 Å². The van der Waals surface area contributed by atoms with Crippen molar-refractivity contribution in [2.24, 2.45) is 7.05 Å². The minimum Gasteiger partial charge on any atom is -0.454 e. The number of imidazole rings is 1. The first-order valence-electron chi connectivity index (χ1n) is 7.42. The average molecular weight is 335 g/mol. The maximum atomic E-state index is 12.6. The number of rotatable bonds is 3. The quantitative estimate of drug-likeness (QED) is 0.846. The molecule has 1 unspecified atom stereocenters. The van der Waals surface area contributed by atoms with Crippen LogP contribution in [0.4, 0.5) is 0 Å². The van der Waals surface area contributed by atoms with Gasteiger partial charge in [0.1, 0.15) is 0 Å². The van der Waals surface area contributed by atoms with Gasteiger partial charge in [0.25, 0.3) is 10.0 Å². The number of ether oxygens (including phenoxy) is 2. The van der Waals surface area contributed by atoms with Crippen molar-refractivity contribution >= 4 is 10.0 Å². The van der Waals surface area contributed by atoms with E-state index in [9.17, 15) is 8.42 Å². The summed E-state index contributed by atoms with van der Waals surface area (Å²) in [5.41, 5.74) is 1.08. The van der Waals surface area contributed by atoms with Gasteiger partial charge in [-0.25, -0.2) is 13.4 Å². The topological polar surface area (TPSA) is 73.7 Å². The van der Waals surface area contributed by atoms with Gasteiger partial charge in [-0.05, 0) is 30.0 Å². The highest BCUT2D eigenvalue weighted by Gasteiger charge is 2.34. The van der Waals surface area contributed by atoms with Gasteiger partial charge in [-0.1, -0.05) is 6.07 Å². The molecule has 1 aromatic carbocycles. The van der Waals surface area contributed by atoms with Crippen molar-refractivity contribution in [3.05, 3.63) is 36.3 Å². The molecule has 0 spiro atoms. The molecule has 0 radical (unpaired) electrons. The van der Waals surface area contributed by atoms with Crippen molar-refractivity contribution in [1.82, 2.24) is 13.9 Å². The molecule has 2 aliphatic heterocycles. The van der Waals surface area contributed by atoms with E-state index in [-0.39, 0.29) is 17.7 Å². The van der Waals surface area contributed by atoms with E-state index in [4.69, 9.17) is 9.47 Å². The Morgan fingerprint density at radius 1 is 1.26 bits per heavy atom. The summed E-state index contributed by atoms with van der Waals surface area (Å²) < 4.78 is 39.1. The van der Waals surface area contributed by atoms with Crippen LogP contribution in [-0.4, -0.2) is 42.2 Å². The molecular formula is C15H17N3O4S. The number of nitrogens with zero attached hydrogens (tertiary/aromatic N) is 3. The van der Waals surface area contributed by atoms with Crippen LogP contribution in [0.2, 0.25) is 0 Å². The van der Waals surface area contributed by atoms with Crippen molar-refractivity contribution in [1.29, 1.82) is 0 Å². The molecule has 0 N–H and O–H groups in total. The second-order valence-electron chi connectivity index (χ2n) is 5.84. The largest absolute Gasteiger partial charge is 0.454 e. The summed E-state index contributed by atoms with van der Waals surface area (Å²) in [4.78, 5) is 3.97. The van der Waals surface area contributed by atoms with Crippen LogP contribution >= 0.6 is 0 Å². The van der Waals surface area contributed by atoms with Gasteiger partial charge >= 0.3 is 0 Å². The van der Waals surface area contributed by atoms with E-state index in [1.807, 2.05) is 18.2 Å². The molecule has 8 heteroatoms. The van der Waals surface area contributed by atoms with Gasteiger partial charge in [0.2, 0.25) is 6.79 Å². The summed E-state index contributed by atoms with van der Waals surface area (Å²) in [5.74, 6) is 1.63. The Hall–Kier alpha value is -2.06. The van der Waals surface area contributed by atoms with Crippen LogP contribution in [0.15, 0.2) is 35.7 Å². The zero-order valence-electron chi connectivity index (χ0n) is 12.7. The number of hydrogen-bond donors (Lipinski definition) is 0. The predicted octanol–water partition coefficient (Wildman–Crippen LogP) is 1.33. The lowest BCUT2D eigenvalue weighted by molar-refractivity contribution is 0.174. The fraction of sp³-hybridized carbons (Fsp3) is 0.400. The van der Waals surface area contributed by atoms with Crippen molar-refractivity contribution < 1.29 is 17.9 Å². The van der Waals surface area contributed by atoms with E-state index < -0.39 is 10.0 Å². The van der Waals surface area contributed by atoms with E-state index in [0.29, 0.717) is 13.1 Å². The van der Waals surface area contributed by atoms with Crippen molar-refractivity contribution in [3.8, 4) is 11.5 Å². The van der Waals surface area contributed by atoms with E-state index >= 15 is 0 Å². The third kappa shape index (κ3) is 2.47. The van der Waals surface area contributed by atoms with Crippen molar-refractivity contribution in [2.75, 3.05) is 19.9 Å². The lowest BCUT2D eigenvalue weighted by Crippen LogP contribution is -2.29. The molecule has 1 aromatic heterocycles. The standard InChI is InChI=1S/C15H17N3O4S/c1-17-8-15(16-9-17)23(19,20)18-5-4-12(7-18)11-2-3-13-14(6-11)22-10-21-13/h2-3,6,8-9,12H,4-5,7,10H2,1H3. The first kappa shape index (κ1) is 14.5. The third-order valence-corrected chi connectivity index (χ3v) is 6.06.